The molecular weight excluding hydrogens is 191 g/mol. The molecule has 0 saturated heterocycles. The average Bonchev–Trinajstić information content (AvgIpc) is 2.03. The lowest BCUT2D eigenvalue weighted by Crippen LogP contribution is -1.99. The van der Waals surface area contributed by atoms with Crippen LogP contribution in [0, 0.1) is 5.82 Å². The van der Waals surface area contributed by atoms with Crippen molar-refractivity contribution in [2.75, 3.05) is 0 Å². The summed E-state index contributed by atoms with van der Waals surface area (Å²) >= 11 is 5.73. The molecule has 0 radical (unpaired) electrons. The van der Waals surface area contributed by atoms with Crippen LogP contribution >= 0.6 is 11.6 Å². The second kappa shape index (κ2) is 3.90. The lowest BCUT2D eigenvalue weighted by Gasteiger charge is -2.11. The molecule has 0 spiro atoms. The third kappa shape index (κ3) is 2.29. The van der Waals surface area contributed by atoms with Gasteiger partial charge in [0.25, 0.3) is 0 Å². The molecule has 3 heteroatoms. The Balaban J connectivity index is 3.08. The Kier molecular flexibility index (Phi) is 3.07. The summed E-state index contributed by atoms with van der Waals surface area (Å²) in [7, 11) is 0. The summed E-state index contributed by atoms with van der Waals surface area (Å²) in [6.45, 7) is 5.28. The van der Waals surface area contributed by atoms with Crippen LogP contribution < -0.4 is 0 Å². The van der Waals surface area contributed by atoms with Crippen molar-refractivity contribution in [2.45, 2.75) is 13.0 Å². The quantitative estimate of drug-likeness (QED) is 0.728. The van der Waals surface area contributed by atoms with Crippen LogP contribution in [0.3, 0.4) is 0 Å². The first-order chi connectivity index (χ1) is 6.02. The van der Waals surface area contributed by atoms with Crippen LogP contribution in [0.15, 0.2) is 30.4 Å². The Morgan fingerprint density at radius 2 is 2.23 bits per heavy atom. The monoisotopic (exact) mass is 200 g/mol. The summed E-state index contributed by atoms with van der Waals surface area (Å²) in [5, 5.41) is 9.78. The second-order valence-electron chi connectivity index (χ2n) is 2.91. The molecule has 1 rings (SSSR count). The molecule has 1 aromatic carbocycles. The van der Waals surface area contributed by atoms with Gasteiger partial charge >= 0.3 is 0 Å². The molecule has 1 atom stereocenters. The van der Waals surface area contributed by atoms with Crippen LogP contribution in [0.4, 0.5) is 4.39 Å². The zero-order chi connectivity index (χ0) is 10.0. The van der Waals surface area contributed by atoms with Crippen molar-refractivity contribution in [3.8, 4) is 0 Å². The van der Waals surface area contributed by atoms with E-state index in [1.54, 1.807) is 6.92 Å². The van der Waals surface area contributed by atoms with E-state index in [0.29, 0.717) is 11.1 Å². The van der Waals surface area contributed by atoms with E-state index < -0.39 is 11.9 Å². The topological polar surface area (TPSA) is 20.2 Å². The predicted molar refractivity (Wildman–Crippen MR) is 51.2 cm³/mol. The molecule has 1 unspecified atom stereocenters. The summed E-state index contributed by atoms with van der Waals surface area (Å²) in [6.07, 6.45) is -0.826. The maximum atomic E-state index is 12.6. The molecule has 13 heavy (non-hydrogen) atoms. The van der Waals surface area contributed by atoms with Gasteiger partial charge in [-0.2, -0.15) is 0 Å². The van der Waals surface area contributed by atoms with Crippen LogP contribution in [0.5, 0.6) is 0 Å². The molecule has 0 amide bonds. The molecule has 1 aromatic rings. The summed E-state index contributed by atoms with van der Waals surface area (Å²) in [6, 6.07) is 3.88. The van der Waals surface area contributed by atoms with E-state index in [4.69, 9.17) is 11.6 Å². The Bertz CT molecular complexity index is 336. The van der Waals surface area contributed by atoms with E-state index in [1.165, 1.54) is 18.2 Å². The van der Waals surface area contributed by atoms with Gasteiger partial charge in [-0.25, -0.2) is 4.39 Å². The molecule has 0 bridgehead atoms. The van der Waals surface area contributed by atoms with Gasteiger partial charge in [-0.05, 0) is 24.6 Å². The Hall–Kier alpha value is -0.860. The third-order valence-corrected chi connectivity index (χ3v) is 2.05. The number of aliphatic hydroxyl groups is 1. The predicted octanol–water partition coefficient (Wildman–Crippen LogP) is 3.09. The molecular formula is C10H10ClFO. The molecule has 0 fully saturated rings. The van der Waals surface area contributed by atoms with Gasteiger partial charge < -0.3 is 5.11 Å². The minimum atomic E-state index is -0.826. The fourth-order valence-corrected chi connectivity index (χ4v) is 1.26. The fraction of sp³-hybridized carbons (Fsp3) is 0.200. The van der Waals surface area contributed by atoms with Gasteiger partial charge in [0.15, 0.2) is 0 Å². The van der Waals surface area contributed by atoms with E-state index in [-0.39, 0.29) is 5.02 Å². The van der Waals surface area contributed by atoms with E-state index in [1.807, 2.05) is 0 Å². The molecule has 1 nitrogen and oxygen atoms in total. The van der Waals surface area contributed by atoms with E-state index >= 15 is 0 Å². The number of hydrogen-bond acceptors (Lipinski definition) is 1. The smallest absolute Gasteiger partial charge is 0.124 e. The fourth-order valence-electron chi connectivity index (χ4n) is 0.989. The van der Waals surface area contributed by atoms with Crippen molar-refractivity contribution >= 4 is 11.6 Å². The molecule has 0 heterocycles. The highest BCUT2D eigenvalue weighted by Crippen LogP contribution is 2.27. The molecule has 0 saturated carbocycles. The van der Waals surface area contributed by atoms with Crippen molar-refractivity contribution in [1.29, 1.82) is 0 Å². The highest BCUT2D eigenvalue weighted by atomic mass is 35.5. The lowest BCUT2D eigenvalue weighted by atomic mass is 10.0. The number of aliphatic hydroxyl groups excluding tert-OH is 1. The first-order valence-corrected chi connectivity index (χ1v) is 4.18. The zero-order valence-corrected chi connectivity index (χ0v) is 7.98. The maximum Gasteiger partial charge on any atom is 0.124 e. The van der Waals surface area contributed by atoms with Gasteiger partial charge in [0.1, 0.15) is 11.9 Å². The number of halogens is 2. The average molecular weight is 201 g/mol. The normalized spacial score (nSPS) is 12.6. The lowest BCUT2D eigenvalue weighted by molar-refractivity contribution is 0.216. The summed E-state index contributed by atoms with van der Waals surface area (Å²) in [5.74, 6) is -0.414. The third-order valence-electron chi connectivity index (χ3n) is 1.72. The van der Waals surface area contributed by atoms with Crippen LogP contribution in [-0.4, -0.2) is 5.11 Å². The van der Waals surface area contributed by atoms with Crippen LogP contribution in [0.2, 0.25) is 5.02 Å². The summed E-state index contributed by atoms with van der Waals surface area (Å²) in [4.78, 5) is 0. The highest BCUT2D eigenvalue weighted by molar-refractivity contribution is 6.31. The number of rotatable bonds is 2. The van der Waals surface area contributed by atoms with Crippen molar-refractivity contribution in [1.82, 2.24) is 0 Å². The van der Waals surface area contributed by atoms with Gasteiger partial charge in [0.05, 0.1) is 0 Å². The molecule has 0 aliphatic carbocycles. The van der Waals surface area contributed by atoms with Gasteiger partial charge in [-0.3, -0.25) is 0 Å². The summed E-state index contributed by atoms with van der Waals surface area (Å²) < 4.78 is 12.6. The van der Waals surface area contributed by atoms with E-state index in [2.05, 4.69) is 6.58 Å². The zero-order valence-electron chi connectivity index (χ0n) is 7.22. The van der Waals surface area contributed by atoms with Crippen molar-refractivity contribution in [3.05, 3.63) is 46.8 Å². The maximum absolute atomic E-state index is 12.6. The molecule has 70 valence electrons. The molecule has 0 aromatic heterocycles. The SMILES string of the molecule is C=C(C)C(O)c1ccc(F)cc1Cl. The first-order valence-electron chi connectivity index (χ1n) is 3.81. The van der Waals surface area contributed by atoms with E-state index in [9.17, 15) is 9.50 Å². The van der Waals surface area contributed by atoms with Gasteiger partial charge in [-0.1, -0.05) is 24.2 Å². The summed E-state index contributed by atoms with van der Waals surface area (Å²) in [5.41, 5.74) is 1.06. The molecule has 0 aliphatic rings. The van der Waals surface area contributed by atoms with Crippen molar-refractivity contribution in [2.24, 2.45) is 0 Å². The first kappa shape index (κ1) is 10.2. The number of hydrogen-bond donors (Lipinski definition) is 1. The van der Waals surface area contributed by atoms with Crippen LogP contribution in [-0.2, 0) is 0 Å². The van der Waals surface area contributed by atoms with Gasteiger partial charge in [0.2, 0.25) is 0 Å². The minimum absolute atomic E-state index is 0.218. The van der Waals surface area contributed by atoms with Gasteiger partial charge in [0, 0.05) is 10.6 Å². The van der Waals surface area contributed by atoms with Crippen LogP contribution in [0.25, 0.3) is 0 Å². The number of benzene rings is 1. The Morgan fingerprint density at radius 1 is 1.62 bits per heavy atom. The minimum Gasteiger partial charge on any atom is -0.384 e. The Labute approximate surface area is 81.5 Å². The van der Waals surface area contributed by atoms with E-state index in [0.717, 1.165) is 0 Å². The molecule has 0 aliphatic heterocycles. The largest absolute Gasteiger partial charge is 0.384 e. The standard InChI is InChI=1S/C10H10ClFO/c1-6(2)10(13)8-4-3-7(12)5-9(8)11/h3-5,10,13H,1H2,2H3. The highest BCUT2D eigenvalue weighted by Gasteiger charge is 2.12. The van der Waals surface area contributed by atoms with Crippen molar-refractivity contribution < 1.29 is 9.50 Å². The molecule has 1 N–H and O–H groups in total. The van der Waals surface area contributed by atoms with Gasteiger partial charge in [-0.15, -0.1) is 0 Å². The Morgan fingerprint density at radius 3 is 2.69 bits per heavy atom. The second-order valence-corrected chi connectivity index (χ2v) is 3.32. The van der Waals surface area contributed by atoms with Crippen molar-refractivity contribution in [3.63, 3.8) is 0 Å². The van der Waals surface area contributed by atoms with Crippen LogP contribution in [0.1, 0.15) is 18.6 Å².